The van der Waals surface area contributed by atoms with E-state index in [1.807, 2.05) is 0 Å². The average molecular weight is 212 g/mol. The van der Waals surface area contributed by atoms with Crippen LogP contribution >= 0.6 is 0 Å². The third-order valence-corrected chi connectivity index (χ3v) is 4.52. The van der Waals surface area contributed by atoms with Crippen LogP contribution in [0.3, 0.4) is 0 Å². The van der Waals surface area contributed by atoms with Crippen molar-refractivity contribution < 1.29 is 0 Å². The van der Waals surface area contributed by atoms with Crippen LogP contribution < -0.4 is 0 Å². The Bertz CT molecular complexity index is 149. The van der Waals surface area contributed by atoms with Gasteiger partial charge in [0.05, 0.1) is 0 Å². The van der Waals surface area contributed by atoms with E-state index in [0.717, 1.165) is 35.5 Å². The van der Waals surface area contributed by atoms with E-state index in [1.54, 1.807) is 0 Å². The molecule has 0 N–H and O–H groups in total. The van der Waals surface area contributed by atoms with E-state index in [4.69, 9.17) is 0 Å². The van der Waals surface area contributed by atoms with Crippen LogP contribution in [0.4, 0.5) is 0 Å². The van der Waals surface area contributed by atoms with Crippen LogP contribution in [0.2, 0.25) is 0 Å². The van der Waals surface area contributed by atoms with Gasteiger partial charge in [0.25, 0.3) is 0 Å². The van der Waals surface area contributed by atoms with E-state index in [2.05, 4.69) is 55.4 Å². The van der Waals surface area contributed by atoms with Crippen LogP contribution in [-0.2, 0) is 0 Å². The summed E-state index contributed by atoms with van der Waals surface area (Å²) in [5, 5.41) is 0. The first-order valence-electron chi connectivity index (χ1n) is 6.82. The minimum absolute atomic E-state index is 0.812. The first-order valence-corrected chi connectivity index (χ1v) is 6.82. The van der Waals surface area contributed by atoms with Gasteiger partial charge in [0.2, 0.25) is 0 Å². The van der Waals surface area contributed by atoms with E-state index in [9.17, 15) is 0 Å². The Labute approximate surface area is 97.8 Å². The van der Waals surface area contributed by atoms with E-state index >= 15 is 0 Å². The summed E-state index contributed by atoms with van der Waals surface area (Å²) in [4.78, 5) is 0. The van der Waals surface area contributed by atoms with Crippen LogP contribution in [0.5, 0.6) is 0 Å². The summed E-state index contributed by atoms with van der Waals surface area (Å²) >= 11 is 0. The van der Waals surface area contributed by atoms with Crippen molar-refractivity contribution >= 4 is 0 Å². The Morgan fingerprint density at radius 3 is 1.33 bits per heavy atom. The fraction of sp³-hybridized carbons (Fsp3) is 1.00. The van der Waals surface area contributed by atoms with Crippen molar-refractivity contribution in [1.82, 2.24) is 0 Å². The van der Waals surface area contributed by atoms with Gasteiger partial charge in [-0.2, -0.15) is 0 Å². The normalized spacial score (nSPS) is 18.6. The summed E-state index contributed by atoms with van der Waals surface area (Å²) in [6.07, 6.45) is 1.31. The van der Waals surface area contributed by atoms with Crippen LogP contribution in [0.1, 0.15) is 61.8 Å². The molecule has 0 spiro atoms. The van der Waals surface area contributed by atoms with Crippen molar-refractivity contribution in [3.05, 3.63) is 0 Å². The lowest BCUT2D eigenvalue weighted by Gasteiger charge is -2.37. The minimum Gasteiger partial charge on any atom is -0.0651 e. The molecule has 0 fully saturated rings. The lowest BCUT2D eigenvalue weighted by atomic mass is 9.69. The summed E-state index contributed by atoms with van der Waals surface area (Å²) in [5.74, 6) is 5.05. The molecule has 0 aliphatic rings. The maximum atomic E-state index is 2.46. The molecule has 0 nitrogen and oxygen atoms in total. The standard InChI is InChI=1S/C15H32/c1-9-12(6)13(7)14(8)15(10(2)3)11(4)5/h10-15H,9H2,1-8H3. The lowest BCUT2D eigenvalue weighted by Crippen LogP contribution is -2.30. The Balaban J connectivity index is 4.55. The molecule has 0 aromatic carbocycles. The summed E-state index contributed by atoms with van der Waals surface area (Å²) in [5.41, 5.74) is 0. The molecule has 0 aromatic rings. The molecule has 0 aliphatic carbocycles. The van der Waals surface area contributed by atoms with Gasteiger partial charge >= 0.3 is 0 Å². The molecule has 0 saturated heterocycles. The molecule has 0 heteroatoms. The molecule has 3 atom stereocenters. The topological polar surface area (TPSA) is 0 Å². The predicted molar refractivity (Wildman–Crippen MR) is 70.9 cm³/mol. The van der Waals surface area contributed by atoms with E-state index in [-0.39, 0.29) is 0 Å². The molecule has 92 valence electrons. The van der Waals surface area contributed by atoms with Crippen molar-refractivity contribution in [3.8, 4) is 0 Å². The van der Waals surface area contributed by atoms with Crippen LogP contribution in [-0.4, -0.2) is 0 Å². The number of hydrogen-bond donors (Lipinski definition) is 0. The van der Waals surface area contributed by atoms with Crippen LogP contribution in [0.25, 0.3) is 0 Å². The van der Waals surface area contributed by atoms with Gasteiger partial charge in [-0.15, -0.1) is 0 Å². The van der Waals surface area contributed by atoms with Crippen LogP contribution in [0.15, 0.2) is 0 Å². The highest BCUT2D eigenvalue weighted by Gasteiger charge is 2.29. The molecule has 0 rings (SSSR count). The zero-order valence-corrected chi connectivity index (χ0v) is 12.2. The van der Waals surface area contributed by atoms with Crippen molar-refractivity contribution in [2.45, 2.75) is 61.8 Å². The minimum atomic E-state index is 0.812. The molecule has 0 bridgehead atoms. The molecular formula is C15H32. The summed E-state index contributed by atoms with van der Waals surface area (Å²) in [7, 11) is 0. The largest absolute Gasteiger partial charge is 0.0651 e. The van der Waals surface area contributed by atoms with E-state index in [0.29, 0.717) is 0 Å². The van der Waals surface area contributed by atoms with Gasteiger partial charge in [0, 0.05) is 0 Å². The van der Waals surface area contributed by atoms with Crippen molar-refractivity contribution in [2.24, 2.45) is 35.5 Å². The molecule has 0 amide bonds. The van der Waals surface area contributed by atoms with Crippen LogP contribution in [0, 0.1) is 35.5 Å². The number of hydrogen-bond acceptors (Lipinski definition) is 0. The predicted octanol–water partition coefficient (Wildman–Crippen LogP) is 5.23. The molecule has 0 heterocycles. The molecule has 15 heavy (non-hydrogen) atoms. The fourth-order valence-electron chi connectivity index (χ4n) is 3.22. The first-order chi connectivity index (χ1) is 6.82. The fourth-order valence-corrected chi connectivity index (χ4v) is 3.22. The van der Waals surface area contributed by atoms with Gasteiger partial charge in [-0.1, -0.05) is 61.8 Å². The molecule has 0 radical (unpaired) electrons. The second-order valence-corrected chi connectivity index (χ2v) is 6.17. The highest BCUT2D eigenvalue weighted by atomic mass is 14.3. The van der Waals surface area contributed by atoms with Gasteiger partial charge in [-0.3, -0.25) is 0 Å². The molecule has 0 aliphatic heterocycles. The highest BCUT2D eigenvalue weighted by molar-refractivity contribution is 4.78. The summed E-state index contributed by atoms with van der Waals surface area (Å²) < 4.78 is 0. The quantitative estimate of drug-likeness (QED) is 0.565. The maximum Gasteiger partial charge on any atom is -0.0340 e. The smallest absolute Gasteiger partial charge is 0.0340 e. The molecule has 0 saturated carbocycles. The maximum absolute atomic E-state index is 2.46. The zero-order chi connectivity index (χ0) is 12.2. The molecular weight excluding hydrogens is 180 g/mol. The first kappa shape index (κ1) is 15.0. The lowest BCUT2D eigenvalue weighted by molar-refractivity contribution is 0.120. The van der Waals surface area contributed by atoms with Crippen molar-refractivity contribution in [3.63, 3.8) is 0 Å². The van der Waals surface area contributed by atoms with Gasteiger partial charge in [-0.05, 0) is 35.5 Å². The van der Waals surface area contributed by atoms with Gasteiger partial charge in [-0.25, -0.2) is 0 Å². The molecule has 0 aromatic heterocycles. The summed E-state index contributed by atoms with van der Waals surface area (Å²) in [6.45, 7) is 19.1. The average Bonchev–Trinajstić information content (AvgIpc) is 2.14. The van der Waals surface area contributed by atoms with Crippen molar-refractivity contribution in [2.75, 3.05) is 0 Å². The monoisotopic (exact) mass is 212 g/mol. The molecule has 3 unspecified atom stereocenters. The summed E-state index contributed by atoms with van der Waals surface area (Å²) in [6, 6.07) is 0. The van der Waals surface area contributed by atoms with E-state index in [1.165, 1.54) is 6.42 Å². The Hall–Kier alpha value is 0. The second-order valence-electron chi connectivity index (χ2n) is 6.17. The number of rotatable bonds is 6. The van der Waals surface area contributed by atoms with Gasteiger partial charge < -0.3 is 0 Å². The third-order valence-electron chi connectivity index (χ3n) is 4.52. The Morgan fingerprint density at radius 1 is 0.667 bits per heavy atom. The van der Waals surface area contributed by atoms with Gasteiger partial charge in [0.1, 0.15) is 0 Å². The third kappa shape index (κ3) is 4.17. The van der Waals surface area contributed by atoms with Crippen molar-refractivity contribution in [1.29, 1.82) is 0 Å². The second kappa shape index (κ2) is 6.55. The van der Waals surface area contributed by atoms with E-state index < -0.39 is 0 Å². The SMILES string of the molecule is CCC(C)C(C)C(C)C(C(C)C)C(C)C. The highest BCUT2D eigenvalue weighted by Crippen LogP contribution is 2.36. The Kier molecular flexibility index (Phi) is 6.55. The zero-order valence-electron chi connectivity index (χ0n) is 12.2. The Morgan fingerprint density at radius 2 is 1.07 bits per heavy atom. The van der Waals surface area contributed by atoms with Gasteiger partial charge in [0.15, 0.2) is 0 Å².